The molecule has 0 fully saturated rings. The number of nitrogens with two attached hydrogens (primary N) is 1. The van der Waals surface area contributed by atoms with Crippen LogP contribution in [0, 0.1) is 6.92 Å². The zero-order valence-corrected chi connectivity index (χ0v) is 11.0. The predicted octanol–water partition coefficient (Wildman–Crippen LogP) is 2.38. The van der Waals surface area contributed by atoms with Crippen LogP contribution in [0.4, 0.5) is 0 Å². The summed E-state index contributed by atoms with van der Waals surface area (Å²) in [5.74, 6) is -0.0631. The van der Waals surface area contributed by atoms with Gasteiger partial charge in [-0.05, 0) is 35.7 Å². The number of carbonyl (C=O) groups excluding carboxylic acids is 1. The van der Waals surface area contributed by atoms with Crippen LogP contribution in [-0.4, -0.2) is 5.91 Å². The topological polar surface area (TPSA) is 55.1 Å². The summed E-state index contributed by atoms with van der Waals surface area (Å²) >= 11 is 0. The van der Waals surface area contributed by atoms with E-state index in [0.29, 0.717) is 18.7 Å². The minimum atomic E-state index is -0.0631. The lowest BCUT2D eigenvalue weighted by Crippen LogP contribution is -2.23. The van der Waals surface area contributed by atoms with E-state index in [2.05, 4.69) is 5.32 Å². The number of aryl methyl sites for hydroxylation is 1. The summed E-state index contributed by atoms with van der Waals surface area (Å²) in [4.78, 5) is 12.0. The number of amides is 1. The van der Waals surface area contributed by atoms with Gasteiger partial charge in [-0.15, -0.1) is 0 Å². The van der Waals surface area contributed by atoms with Gasteiger partial charge in [0.25, 0.3) is 5.91 Å². The summed E-state index contributed by atoms with van der Waals surface area (Å²) in [7, 11) is 0. The van der Waals surface area contributed by atoms with Crippen molar-refractivity contribution in [1.29, 1.82) is 0 Å². The molecule has 0 atom stereocenters. The Morgan fingerprint density at radius 3 is 2.42 bits per heavy atom. The van der Waals surface area contributed by atoms with Crippen molar-refractivity contribution < 1.29 is 4.79 Å². The second-order valence-electron chi connectivity index (χ2n) is 4.51. The van der Waals surface area contributed by atoms with Crippen LogP contribution in [-0.2, 0) is 13.1 Å². The standard InChI is InChI=1S/C16H18N2O/c1-12-4-2-3-5-15(12)11-18-16(19)14-8-6-13(10-17)7-9-14/h2-9H,10-11,17H2,1H3,(H,18,19). The van der Waals surface area contributed by atoms with Gasteiger partial charge < -0.3 is 11.1 Å². The van der Waals surface area contributed by atoms with Crippen molar-refractivity contribution >= 4 is 5.91 Å². The van der Waals surface area contributed by atoms with Crippen molar-refractivity contribution in [2.75, 3.05) is 0 Å². The van der Waals surface area contributed by atoms with Gasteiger partial charge in [0, 0.05) is 18.7 Å². The van der Waals surface area contributed by atoms with E-state index in [4.69, 9.17) is 5.73 Å². The van der Waals surface area contributed by atoms with Crippen LogP contribution in [0.25, 0.3) is 0 Å². The van der Waals surface area contributed by atoms with Crippen LogP contribution in [0.5, 0.6) is 0 Å². The number of carbonyl (C=O) groups is 1. The van der Waals surface area contributed by atoms with Gasteiger partial charge >= 0.3 is 0 Å². The lowest BCUT2D eigenvalue weighted by Gasteiger charge is -2.08. The van der Waals surface area contributed by atoms with Crippen molar-refractivity contribution in [3.8, 4) is 0 Å². The quantitative estimate of drug-likeness (QED) is 0.880. The van der Waals surface area contributed by atoms with Crippen molar-refractivity contribution in [1.82, 2.24) is 5.32 Å². The lowest BCUT2D eigenvalue weighted by atomic mass is 10.1. The Bertz CT molecular complexity index is 561. The molecule has 3 N–H and O–H groups in total. The summed E-state index contributed by atoms with van der Waals surface area (Å²) in [6.45, 7) is 3.08. The Balaban J connectivity index is 1.99. The summed E-state index contributed by atoms with van der Waals surface area (Å²) < 4.78 is 0. The van der Waals surface area contributed by atoms with Gasteiger partial charge in [-0.2, -0.15) is 0 Å². The second kappa shape index (κ2) is 6.16. The molecule has 3 nitrogen and oxygen atoms in total. The van der Waals surface area contributed by atoms with E-state index in [-0.39, 0.29) is 5.91 Å². The third-order valence-electron chi connectivity index (χ3n) is 3.15. The fourth-order valence-electron chi connectivity index (χ4n) is 1.88. The lowest BCUT2D eigenvalue weighted by molar-refractivity contribution is 0.0951. The Labute approximate surface area is 113 Å². The summed E-state index contributed by atoms with van der Waals surface area (Å²) in [6, 6.07) is 15.4. The highest BCUT2D eigenvalue weighted by Gasteiger charge is 2.05. The number of hydrogen-bond acceptors (Lipinski definition) is 2. The smallest absolute Gasteiger partial charge is 0.251 e. The molecule has 2 aromatic carbocycles. The molecule has 98 valence electrons. The van der Waals surface area contributed by atoms with Crippen LogP contribution in [0.3, 0.4) is 0 Å². The van der Waals surface area contributed by atoms with E-state index in [9.17, 15) is 4.79 Å². The molecule has 0 radical (unpaired) electrons. The molecule has 0 aliphatic rings. The van der Waals surface area contributed by atoms with Crippen LogP contribution in [0.15, 0.2) is 48.5 Å². The van der Waals surface area contributed by atoms with Gasteiger partial charge in [0.15, 0.2) is 0 Å². The molecule has 0 aliphatic carbocycles. The molecule has 0 saturated carbocycles. The van der Waals surface area contributed by atoms with Crippen molar-refractivity contribution in [2.24, 2.45) is 5.73 Å². The molecule has 3 heteroatoms. The molecular formula is C16H18N2O. The molecule has 0 spiro atoms. The van der Waals surface area contributed by atoms with Gasteiger partial charge in [-0.3, -0.25) is 4.79 Å². The minimum Gasteiger partial charge on any atom is -0.348 e. The summed E-state index contributed by atoms with van der Waals surface area (Å²) in [5.41, 5.74) is 9.52. The van der Waals surface area contributed by atoms with E-state index in [0.717, 1.165) is 11.1 Å². The van der Waals surface area contributed by atoms with Gasteiger partial charge in [0.1, 0.15) is 0 Å². The average Bonchev–Trinajstić information content (AvgIpc) is 2.46. The Morgan fingerprint density at radius 1 is 1.11 bits per heavy atom. The largest absolute Gasteiger partial charge is 0.348 e. The number of nitrogens with one attached hydrogen (secondary N) is 1. The van der Waals surface area contributed by atoms with E-state index in [1.165, 1.54) is 5.56 Å². The van der Waals surface area contributed by atoms with E-state index in [1.807, 2.05) is 43.3 Å². The normalized spacial score (nSPS) is 10.2. The highest BCUT2D eigenvalue weighted by Crippen LogP contribution is 2.08. The van der Waals surface area contributed by atoms with Gasteiger partial charge in [-0.25, -0.2) is 0 Å². The van der Waals surface area contributed by atoms with Crippen molar-refractivity contribution in [3.05, 3.63) is 70.8 Å². The van der Waals surface area contributed by atoms with Crippen LogP contribution < -0.4 is 11.1 Å². The Hall–Kier alpha value is -2.13. The molecule has 2 rings (SSSR count). The molecule has 0 aliphatic heterocycles. The van der Waals surface area contributed by atoms with Crippen LogP contribution >= 0.6 is 0 Å². The fourth-order valence-corrected chi connectivity index (χ4v) is 1.88. The highest BCUT2D eigenvalue weighted by atomic mass is 16.1. The monoisotopic (exact) mass is 254 g/mol. The molecular weight excluding hydrogens is 236 g/mol. The zero-order valence-electron chi connectivity index (χ0n) is 11.0. The molecule has 0 bridgehead atoms. The van der Waals surface area contributed by atoms with Crippen molar-refractivity contribution in [2.45, 2.75) is 20.0 Å². The third kappa shape index (κ3) is 3.42. The molecule has 2 aromatic rings. The zero-order chi connectivity index (χ0) is 13.7. The minimum absolute atomic E-state index is 0.0631. The molecule has 0 heterocycles. The predicted molar refractivity (Wildman–Crippen MR) is 76.7 cm³/mol. The second-order valence-corrected chi connectivity index (χ2v) is 4.51. The average molecular weight is 254 g/mol. The van der Waals surface area contributed by atoms with E-state index in [1.54, 1.807) is 12.1 Å². The number of rotatable bonds is 4. The van der Waals surface area contributed by atoms with Crippen molar-refractivity contribution in [3.63, 3.8) is 0 Å². The first-order chi connectivity index (χ1) is 9.20. The van der Waals surface area contributed by atoms with Gasteiger partial charge in [0.05, 0.1) is 0 Å². The first-order valence-electron chi connectivity index (χ1n) is 6.32. The van der Waals surface area contributed by atoms with Crippen LogP contribution in [0.2, 0.25) is 0 Å². The molecule has 0 unspecified atom stereocenters. The SMILES string of the molecule is Cc1ccccc1CNC(=O)c1ccc(CN)cc1. The molecule has 0 saturated heterocycles. The third-order valence-corrected chi connectivity index (χ3v) is 3.15. The molecule has 1 amide bonds. The highest BCUT2D eigenvalue weighted by molar-refractivity contribution is 5.94. The van der Waals surface area contributed by atoms with Gasteiger partial charge in [0.2, 0.25) is 0 Å². The first kappa shape index (κ1) is 13.3. The van der Waals surface area contributed by atoms with E-state index >= 15 is 0 Å². The maximum atomic E-state index is 12.0. The Kier molecular flexibility index (Phi) is 4.31. The summed E-state index contributed by atoms with van der Waals surface area (Å²) in [6.07, 6.45) is 0. The first-order valence-corrected chi connectivity index (χ1v) is 6.32. The Morgan fingerprint density at radius 2 is 1.79 bits per heavy atom. The molecule has 19 heavy (non-hydrogen) atoms. The molecule has 0 aromatic heterocycles. The fraction of sp³-hybridized carbons (Fsp3) is 0.188. The number of hydrogen-bond donors (Lipinski definition) is 2. The van der Waals surface area contributed by atoms with E-state index < -0.39 is 0 Å². The van der Waals surface area contributed by atoms with Crippen LogP contribution in [0.1, 0.15) is 27.0 Å². The van der Waals surface area contributed by atoms with Gasteiger partial charge in [-0.1, -0.05) is 36.4 Å². The number of benzene rings is 2. The summed E-state index contributed by atoms with van der Waals surface area (Å²) in [5, 5.41) is 2.92. The maximum Gasteiger partial charge on any atom is 0.251 e. The maximum absolute atomic E-state index is 12.0.